The van der Waals surface area contributed by atoms with E-state index in [0.717, 1.165) is 44.7 Å². The molecule has 0 bridgehead atoms. The van der Waals surface area contributed by atoms with Crippen molar-refractivity contribution in [3.05, 3.63) is 29.8 Å². The Labute approximate surface area is 143 Å². The first-order valence-corrected chi connectivity index (χ1v) is 9.79. The first-order chi connectivity index (χ1) is 11.2. The molecule has 1 amide bonds. The predicted octanol–water partition coefficient (Wildman–Crippen LogP) is 2.56. The molecule has 0 aromatic heterocycles. The van der Waals surface area contributed by atoms with E-state index >= 15 is 0 Å². The lowest BCUT2D eigenvalue weighted by Crippen LogP contribution is -2.40. The summed E-state index contributed by atoms with van der Waals surface area (Å²) in [4.78, 5) is 15.0. The number of amides is 1. The normalized spacial score (nSPS) is 26.0. The van der Waals surface area contributed by atoms with E-state index in [4.69, 9.17) is 0 Å². The molecule has 2 aliphatic rings. The summed E-state index contributed by atoms with van der Waals surface area (Å²) in [5.41, 5.74) is 2.22. The van der Waals surface area contributed by atoms with Gasteiger partial charge in [-0.3, -0.25) is 9.69 Å². The molecular weight excluding hydrogens is 306 g/mol. The first kappa shape index (κ1) is 16.8. The van der Waals surface area contributed by atoms with E-state index in [0.29, 0.717) is 6.04 Å². The number of benzene rings is 1. The molecule has 0 saturated carbocycles. The Morgan fingerprint density at radius 2 is 2.22 bits per heavy atom. The Hall–Kier alpha value is -1.04. The van der Waals surface area contributed by atoms with Crippen LogP contribution in [0.2, 0.25) is 0 Å². The quantitative estimate of drug-likeness (QED) is 0.889. The van der Waals surface area contributed by atoms with Crippen LogP contribution in [0, 0.1) is 5.92 Å². The van der Waals surface area contributed by atoms with Gasteiger partial charge in [0.05, 0.1) is 0 Å². The van der Waals surface area contributed by atoms with Gasteiger partial charge in [0.25, 0.3) is 0 Å². The highest BCUT2D eigenvalue weighted by Crippen LogP contribution is 2.20. The zero-order valence-electron chi connectivity index (χ0n) is 13.9. The molecule has 2 N–H and O–H groups in total. The molecule has 3 rings (SSSR count). The van der Waals surface area contributed by atoms with Crippen molar-refractivity contribution in [3.8, 4) is 0 Å². The van der Waals surface area contributed by atoms with Gasteiger partial charge in [0.1, 0.15) is 0 Å². The molecule has 126 valence electrons. The molecule has 0 radical (unpaired) electrons. The third-order valence-corrected chi connectivity index (χ3v) is 5.64. The lowest BCUT2D eigenvalue weighted by molar-refractivity contribution is -0.120. The number of hydrogen-bond donors (Lipinski definition) is 2. The van der Waals surface area contributed by atoms with Crippen molar-refractivity contribution in [2.24, 2.45) is 5.92 Å². The van der Waals surface area contributed by atoms with Crippen molar-refractivity contribution in [1.29, 1.82) is 0 Å². The number of anilines is 1. The highest BCUT2D eigenvalue weighted by atomic mass is 32.2. The van der Waals surface area contributed by atoms with E-state index in [-0.39, 0.29) is 11.8 Å². The standard InChI is InChI=1S/C18H27N3OS/c1-14-11-16(5-6-19-14)18(22)20-17-4-2-3-15(12-17)13-21-7-9-23-10-8-21/h2-4,12,14,16,19H,5-11,13H2,1H3,(H,20,22)/t14-,16-/m0/s1. The van der Waals surface area contributed by atoms with Gasteiger partial charge in [-0.05, 0) is 44.0 Å². The Morgan fingerprint density at radius 3 is 3.00 bits per heavy atom. The highest BCUT2D eigenvalue weighted by Gasteiger charge is 2.24. The van der Waals surface area contributed by atoms with Crippen LogP contribution in [0.15, 0.2) is 24.3 Å². The fraction of sp³-hybridized carbons (Fsp3) is 0.611. The third-order valence-electron chi connectivity index (χ3n) is 4.70. The molecule has 2 aliphatic heterocycles. The second-order valence-electron chi connectivity index (χ2n) is 6.65. The summed E-state index contributed by atoms with van der Waals surface area (Å²) in [5, 5.41) is 6.52. The van der Waals surface area contributed by atoms with Gasteiger partial charge in [0.15, 0.2) is 0 Å². The molecule has 2 saturated heterocycles. The summed E-state index contributed by atoms with van der Waals surface area (Å²) in [6, 6.07) is 8.77. The maximum Gasteiger partial charge on any atom is 0.227 e. The Morgan fingerprint density at radius 1 is 1.39 bits per heavy atom. The van der Waals surface area contributed by atoms with Crippen molar-refractivity contribution in [1.82, 2.24) is 10.2 Å². The number of nitrogens with one attached hydrogen (secondary N) is 2. The SMILES string of the molecule is C[C@H]1C[C@@H](C(=O)Nc2cccc(CN3CCSCC3)c2)CCN1. The van der Waals surface area contributed by atoms with Crippen LogP contribution in [-0.2, 0) is 11.3 Å². The number of thioether (sulfide) groups is 1. The molecular formula is C18H27N3OS. The lowest BCUT2D eigenvalue weighted by Gasteiger charge is -2.27. The van der Waals surface area contributed by atoms with Gasteiger partial charge in [0, 0.05) is 48.8 Å². The van der Waals surface area contributed by atoms with E-state index in [1.54, 1.807) is 0 Å². The van der Waals surface area contributed by atoms with Gasteiger partial charge in [-0.2, -0.15) is 11.8 Å². The van der Waals surface area contributed by atoms with E-state index in [1.165, 1.54) is 17.1 Å². The van der Waals surface area contributed by atoms with Gasteiger partial charge in [0.2, 0.25) is 5.91 Å². The van der Waals surface area contributed by atoms with Crippen LogP contribution in [0.25, 0.3) is 0 Å². The highest BCUT2D eigenvalue weighted by molar-refractivity contribution is 7.99. The summed E-state index contributed by atoms with van der Waals surface area (Å²) < 4.78 is 0. The predicted molar refractivity (Wildman–Crippen MR) is 97.9 cm³/mol. The van der Waals surface area contributed by atoms with Gasteiger partial charge in [-0.25, -0.2) is 0 Å². The minimum atomic E-state index is 0.133. The van der Waals surface area contributed by atoms with Crippen LogP contribution >= 0.6 is 11.8 Å². The summed E-state index contributed by atoms with van der Waals surface area (Å²) >= 11 is 2.03. The number of hydrogen-bond acceptors (Lipinski definition) is 4. The maximum absolute atomic E-state index is 12.5. The first-order valence-electron chi connectivity index (χ1n) is 8.64. The minimum Gasteiger partial charge on any atom is -0.326 e. The second-order valence-corrected chi connectivity index (χ2v) is 7.88. The van der Waals surface area contributed by atoms with Crippen LogP contribution in [0.3, 0.4) is 0 Å². The summed E-state index contributed by atoms with van der Waals surface area (Å²) in [6.45, 7) is 6.39. The van der Waals surface area contributed by atoms with Crippen molar-refractivity contribution < 1.29 is 4.79 Å². The molecule has 23 heavy (non-hydrogen) atoms. The average Bonchev–Trinajstić information content (AvgIpc) is 2.56. The van der Waals surface area contributed by atoms with Gasteiger partial charge >= 0.3 is 0 Å². The van der Waals surface area contributed by atoms with Gasteiger partial charge < -0.3 is 10.6 Å². The fourth-order valence-electron chi connectivity index (χ4n) is 3.38. The van der Waals surface area contributed by atoms with Gasteiger partial charge in [-0.1, -0.05) is 12.1 Å². The minimum absolute atomic E-state index is 0.133. The maximum atomic E-state index is 12.5. The molecule has 1 aromatic carbocycles. The molecule has 2 heterocycles. The topological polar surface area (TPSA) is 44.4 Å². The Kier molecular flexibility index (Phi) is 5.97. The molecule has 2 fully saturated rings. The third kappa shape index (κ3) is 4.96. The van der Waals surface area contributed by atoms with Crippen LogP contribution in [0.1, 0.15) is 25.3 Å². The molecule has 0 aliphatic carbocycles. The smallest absolute Gasteiger partial charge is 0.227 e. The van der Waals surface area contributed by atoms with Crippen LogP contribution < -0.4 is 10.6 Å². The molecule has 0 spiro atoms. The molecule has 4 nitrogen and oxygen atoms in total. The monoisotopic (exact) mass is 333 g/mol. The summed E-state index contributed by atoms with van der Waals surface area (Å²) in [5.74, 6) is 2.76. The number of piperidine rings is 1. The van der Waals surface area contributed by atoms with E-state index in [2.05, 4.69) is 40.7 Å². The zero-order valence-corrected chi connectivity index (χ0v) is 14.7. The number of nitrogens with zero attached hydrogens (tertiary/aromatic N) is 1. The summed E-state index contributed by atoms with van der Waals surface area (Å²) in [6.07, 6.45) is 1.86. The zero-order chi connectivity index (χ0) is 16.1. The summed E-state index contributed by atoms with van der Waals surface area (Å²) in [7, 11) is 0. The fourth-order valence-corrected chi connectivity index (χ4v) is 4.36. The molecule has 1 aromatic rings. The van der Waals surface area contributed by atoms with Crippen LogP contribution in [-0.4, -0.2) is 48.0 Å². The second kappa shape index (κ2) is 8.18. The van der Waals surface area contributed by atoms with Crippen LogP contribution in [0.5, 0.6) is 0 Å². The Balaban J connectivity index is 1.57. The molecule has 0 unspecified atom stereocenters. The van der Waals surface area contributed by atoms with Gasteiger partial charge in [-0.15, -0.1) is 0 Å². The molecule has 2 atom stereocenters. The van der Waals surface area contributed by atoms with E-state index < -0.39 is 0 Å². The van der Waals surface area contributed by atoms with E-state index in [1.807, 2.05) is 17.8 Å². The number of carbonyl (C=O) groups is 1. The van der Waals surface area contributed by atoms with Crippen molar-refractivity contribution >= 4 is 23.4 Å². The van der Waals surface area contributed by atoms with Crippen LogP contribution in [0.4, 0.5) is 5.69 Å². The molecule has 5 heteroatoms. The lowest BCUT2D eigenvalue weighted by atomic mass is 9.92. The number of carbonyl (C=O) groups excluding carboxylic acids is 1. The Bertz CT molecular complexity index is 531. The largest absolute Gasteiger partial charge is 0.326 e. The van der Waals surface area contributed by atoms with Crippen molar-refractivity contribution in [3.63, 3.8) is 0 Å². The average molecular weight is 334 g/mol. The number of rotatable bonds is 4. The van der Waals surface area contributed by atoms with E-state index in [9.17, 15) is 4.79 Å². The van der Waals surface area contributed by atoms with Crippen molar-refractivity contribution in [2.45, 2.75) is 32.4 Å². The van der Waals surface area contributed by atoms with Crippen molar-refractivity contribution in [2.75, 3.05) is 36.5 Å².